The van der Waals surface area contributed by atoms with E-state index in [1.165, 1.54) is 0 Å². The number of aromatic hydroxyl groups is 1. The number of benzene rings is 6. The van der Waals surface area contributed by atoms with Gasteiger partial charge < -0.3 is 14.6 Å². The highest BCUT2D eigenvalue weighted by Gasteiger charge is 2.24. The summed E-state index contributed by atoms with van der Waals surface area (Å²) in [6, 6.07) is 46.0. The number of phenolic OH excluding ortho intramolecular Hbond substituents is 1. The van der Waals surface area contributed by atoms with Crippen molar-refractivity contribution in [1.82, 2.24) is 0 Å². The van der Waals surface area contributed by atoms with E-state index < -0.39 is 0 Å². The Labute approximate surface area is 286 Å². The molecule has 6 nitrogen and oxygen atoms in total. The lowest BCUT2D eigenvalue weighted by Gasteiger charge is -2.17. The van der Waals surface area contributed by atoms with Gasteiger partial charge in [0.25, 0.3) is 13.5 Å². The number of hydrogen-bond donors (Lipinski definition) is 1. The molecule has 0 saturated heterocycles. The summed E-state index contributed by atoms with van der Waals surface area (Å²) < 4.78 is 15.9. The summed E-state index contributed by atoms with van der Waals surface area (Å²) in [5.41, 5.74) is 10.4. The third kappa shape index (κ3) is 6.43. The Bertz CT molecular complexity index is 2210. The van der Waals surface area contributed by atoms with E-state index >= 15 is 0 Å². The Balaban J connectivity index is 0.000000171. The van der Waals surface area contributed by atoms with Gasteiger partial charge in [0.15, 0.2) is 12.4 Å². The summed E-state index contributed by atoms with van der Waals surface area (Å²) in [7, 11) is 0. The van der Waals surface area contributed by atoms with Gasteiger partial charge in [-0.25, -0.2) is 0 Å². The van der Waals surface area contributed by atoms with Crippen LogP contribution in [0.25, 0.3) is 22.3 Å². The van der Waals surface area contributed by atoms with Crippen LogP contribution < -0.4 is 9.47 Å². The number of phenols is 1. The SMILES string of the molecule is Cc1cccc2c1OC[N+](c1cc(-c3ccccc3)c(O)c(-c3ccccc3)c1)=C2.Cc1cccc2c1OC[N+](c1ccccc1C#N)=C2. The molecule has 6 aromatic carbocycles. The zero-order valence-corrected chi connectivity index (χ0v) is 27.4. The van der Waals surface area contributed by atoms with Crippen LogP contribution in [0.5, 0.6) is 17.2 Å². The molecule has 2 heterocycles. The van der Waals surface area contributed by atoms with Crippen LogP contribution in [0.1, 0.15) is 27.8 Å². The first-order valence-electron chi connectivity index (χ1n) is 16.1. The van der Waals surface area contributed by atoms with Gasteiger partial charge in [-0.2, -0.15) is 14.4 Å². The van der Waals surface area contributed by atoms with E-state index in [0.29, 0.717) is 19.0 Å². The van der Waals surface area contributed by atoms with E-state index in [1.54, 1.807) is 0 Å². The van der Waals surface area contributed by atoms with Crippen molar-refractivity contribution >= 4 is 23.8 Å². The van der Waals surface area contributed by atoms with Gasteiger partial charge in [0.1, 0.15) is 28.9 Å². The van der Waals surface area contributed by atoms with Crippen molar-refractivity contribution in [3.05, 3.63) is 161 Å². The molecule has 0 atom stereocenters. The maximum Gasteiger partial charge on any atom is 0.292 e. The van der Waals surface area contributed by atoms with Crippen LogP contribution in [0.2, 0.25) is 0 Å². The Hall–Kier alpha value is -6.45. The lowest BCUT2D eigenvalue weighted by atomic mass is 9.96. The highest BCUT2D eigenvalue weighted by atomic mass is 16.5. The Morgan fingerprint density at radius 3 is 1.63 bits per heavy atom. The summed E-state index contributed by atoms with van der Waals surface area (Å²) in [4.78, 5) is 0. The number of rotatable bonds is 4. The number of para-hydroxylation sites is 3. The largest absolute Gasteiger partial charge is 0.507 e. The number of aryl methyl sites for hydroxylation is 2. The molecule has 6 aromatic rings. The summed E-state index contributed by atoms with van der Waals surface area (Å²) in [6.45, 7) is 4.94. The number of fused-ring (bicyclic) bond motifs is 2. The van der Waals surface area contributed by atoms with Gasteiger partial charge in [0.2, 0.25) is 11.4 Å². The van der Waals surface area contributed by atoms with Crippen LogP contribution in [0.4, 0.5) is 11.4 Å². The van der Waals surface area contributed by atoms with Crippen molar-refractivity contribution < 1.29 is 23.7 Å². The predicted molar refractivity (Wildman–Crippen MR) is 194 cm³/mol. The monoisotopic (exact) mass is 641 g/mol. The van der Waals surface area contributed by atoms with Gasteiger partial charge in [-0.15, -0.1) is 0 Å². The van der Waals surface area contributed by atoms with Crippen molar-refractivity contribution in [2.45, 2.75) is 13.8 Å². The van der Waals surface area contributed by atoms with Crippen LogP contribution in [-0.2, 0) is 0 Å². The van der Waals surface area contributed by atoms with E-state index in [2.05, 4.69) is 35.9 Å². The Morgan fingerprint density at radius 2 is 1.08 bits per heavy atom. The molecule has 2 aliphatic rings. The smallest absolute Gasteiger partial charge is 0.292 e. The van der Waals surface area contributed by atoms with E-state index in [4.69, 9.17) is 14.7 Å². The van der Waals surface area contributed by atoms with E-state index in [1.807, 2.05) is 139 Å². The highest BCUT2D eigenvalue weighted by Crippen LogP contribution is 2.42. The van der Waals surface area contributed by atoms with Gasteiger partial charge in [0.05, 0.1) is 11.1 Å². The first-order chi connectivity index (χ1) is 24.0. The molecule has 0 aliphatic carbocycles. The molecular formula is C43H35N3O3+2. The Kier molecular flexibility index (Phi) is 8.73. The van der Waals surface area contributed by atoms with Crippen LogP contribution in [0.3, 0.4) is 0 Å². The molecule has 2 aliphatic heterocycles. The predicted octanol–water partition coefficient (Wildman–Crippen LogP) is 9.13. The fourth-order valence-corrected chi connectivity index (χ4v) is 6.19. The maximum atomic E-state index is 11.2. The Morgan fingerprint density at radius 1 is 0.592 bits per heavy atom. The van der Waals surface area contributed by atoms with Crippen molar-refractivity contribution in [2.24, 2.45) is 0 Å². The number of ether oxygens (including phenoxy) is 2. The second-order valence-corrected chi connectivity index (χ2v) is 12.0. The summed E-state index contributed by atoms with van der Waals surface area (Å²) in [6.07, 6.45) is 4.14. The topological polar surface area (TPSA) is 68.5 Å². The molecule has 8 rings (SSSR count). The van der Waals surface area contributed by atoms with Gasteiger partial charge >= 0.3 is 0 Å². The molecule has 0 radical (unpaired) electrons. The third-order valence-corrected chi connectivity index (χ3v) is 8.70. The zero-order chi connectivity index (χ0) is 33.7. The molecular weight excluding hydrogens is 606 g/mol. The molecule has 49 heavy (non-hydrogen) atoms. The van der Waals surface area contributed by atoms with Gasteiger partial charge in [-0.3, -0.25) is 0 Å². The van der Waals surface area contributed by atoms with Crippen LogP contribution in [0, 0.1) is 25.2 Å². The number of nitrogens with zero attached hydrogens (tertiary/aromatic N) is 3. The van der Waals surface area contributed by atoms with Gasteiger partial charge in [0, 0.05) is 29.3 Å². The molecule has 6 heteroatoms. The first kappa shape index (κ1) is 31.2. The van der Waals surface area contributed by atoms with E-state index in [-0.39, 0.29) is 5.75 Å². The second kappa shape index (κ2) is 13.7. The van der Waals surface area contributed by atoms with Gasteiger partial charge in [-0.05, 0) is 54.3 Å². The summed E-state index contributed by atoms with van der Waals surface area (Å²) >= 11 is 0. The molecule has 0 spiro atoms. The first-order valence-corrected chi connectivity index (χ1v) is 16.1. The fraction of sp³-hybridized carbons (Fsp3) is 0.0930. The summed E-state index contributed by atoms with van der Waals surface area (Å²) in [5.74, 6) is 2.14. The van der Waals surface area contributed by atoms with E-state index in [9.17, 15) is 5.11 Å². The lowest BCUT2D eigenvalue weighted by molar-refractivity contribution is -0.476. The second-order valence-electron chi connectivity index (χ2n) is 12.0. The van der Waals surface area contributed by atoms with Crippen LogP contribution in [0.15, 0.2) is 133 Å². The molecule has 0 saturated carbocycles. The average molecular weight is 642 g/mol. The molecule has 1 N–H and O–H groups in total. The van der Waals surface area contributed by atoms with Crippen molar-refractivity contribution in [3.63, 3.8) is 0 Å². The molecule has 0 fully saturated rings. The standard InChI is InChI=1S/C27H21NO2.C16H13N2O/c1-19-9-8-14-22-17-28(18-30-27(19)22)23-15-24(20-10-4-2-5-11-20)26(29)25(16-23)21-12-6-3-7-13-21;1-12-5-4-7-14-10-18(11-19-16(12)14)15-8-3-2-6-13(15)9-17/h2-17H,18H2,1H3;2-8,10H,11H2,1H3/q;+1/p+1. The third-order valence-electron chi connectivity index (χ3n) is 8.70. The minimum atomic E-state index is 0.283. The van der Waals surface area contributed by atoms with E-state index in [0.717, 1.165) is 67.4 Å². The minimum absolute atomic E-state index is 0.283. The minimum Gasteiger partial charge on any atom is -0.507 e. The highest BCUT2D eigenvalue weighted by molar-refractivity contribution is 5.86. The summed E-state index contributed by atoms with van der Waals surface area (Å²) in [5, 5.41) is 20.3. The zero-order valence-electron chi connectivity index (χ0n) is 27.4. The number of nitriles is 1. The van der Waals surface area contributed by atoms with Crippen LogP contribution in [-0.4, -0.2) is 40.1 Å². The molecule has 0 aromatic heterocycles. The van der Waals surface area contributed by atoms with Crippen molar-refractivity contribution in [1.29, 1.82) is 5.26 Å². The van der Waals surface area contributed by atoms with Crippen LogP contribution >= 0.6 is 0 Å². The maximum absolute atomic E-state index is 11.2. The lowest BCUT2D eigenvalue weighted by Crippen LogP contribution is -2.21. The molecule has 0 bridgehead atoms. The van der Waals surface area contributed by atoms with Crippen molar-refractivity contribution in [2.75, 3.05) is 13.5 Å². The van der Waals surface area contributed by atoms with Crippen molar-refractivity contribution in [3.8, 4) is 45.6 Å². The average Bonchev–Trinajstić information content (AvgIpc) is 3.16. The van der Waals surface area contributed by atoms with Gasteiger partial charge in [-0.1, -0.05) is 97.1 Å². The molecule has 0 unspecified atom stereocenters. The normalized spacial score (nSPS) is 12.8. The molecule has 0 amide bonds. The number of hydrogen-bond acceptors (Lipinski definition) is 4. The molecule has 238 valence electrons. The quantitative estimate of drug-likeness (QED) is 0.195. The fourth-order valence-electron chi connectivity index (χ4n) is 6.19.